The van der Waals surface area contributed by atoms with Gasteiger partial charge in [0.15, 0.2) is 0 Å². The first-order chi connectivity index (χ1) is 9.77. The number of epoxide rings is 1. The molecule has 1 spiro atoms. The zero-order valence-corrected chi connectivity index (χ0v) is 14.0. The highest BCUT2D eigenvalue weighted by molar-refractivity contribution is 9.10. The average Bonchev–Trinajstić information content (AvgIpc) is 3.11. The number of hydrogen-bond acceptors (Lipinski definition) is 4. The Morgan fingerprint density at radius 3 is 2.71 bits per heavy atom. The molecule has 0 aromatic heterocycles. The molecular formula is C15H20BrNO4. The quantitative estimate of drug-likeness (QED) is 0.265. The summed E-state index contributed by atoms with van der Waals surface area (Å²) < 4.78 is 10.1. The molecule has 1 saturated carbocycles. The molecule has 0 aromatic carbocycles. The van der Waals surface area contributed by atoms with E-state index in [4.69, 9.17) is 9.47 Å². The number of rotatable bonds is 5. The molecular weight excluding hydrogens is 338 g/mol. The van der Waals surface area contributed by atoms with Crippen molar-refractivity contribution in [2.45, 2.75) is 36.8 Å². The highest BCUT2D eigenvalue weighted by Crippen LogP contribution is 2.65. The summed E-state index contributed by atoms with van der Waals surface area (Å²) in [7, 11) is 0. The Kier molecular flexibility index (Phi) is 3.44. The van der Waals surface area contributed by atoms with Crippen LogP contribution in [0.2, 0.25) is 0 Å². The van der Waals surface area contributed by atoms with E-state index in [1.165, 1.54) is 0 Å². The third kappa shape index (κ3) is 2.32. The minimum Gasteiger partial charge on any atom is -0.463 e. The Bertz CT molecular complexity index is 512. The van der Waals surface area contributed by atoms with E-state index in [1.54, 1.807) is 13.8 Å². The van der Waals surface area contributed by atoms with E-state index in [0.717, 1.165) is 0 Å². The van der Waals surface area contributed by atoms with Crippen molar-refractivity contribution in [1.29, 1.82) is 0 Å². The van der Waals surface area contributed by atoms with Gasteiger partial charge in [-0.25, -0.2) is 0 Å². The van der Waals surface area contributed by atoms with Crippen molar-refractivity contribution >= 4 is 27.8 Å². The smallest absolute Gasteiger partial charge is 0.322 e. The van der Waals surface area contributed by atoms with Crippen molar-refractivity contribution in [2.24, 2.45) is 17.8 Å². The molecule has 5 unspecified atom stereocenters. The fourth-order valence-electron chi connectivity index (χ4n) is 3.43. The maximum Gasteiger partial charge on any atom is 0.322 e. The van der Waals surface area contributed by atoms with Crippen molar-refractivity contribution in [3.8, 4) is 0 Å². The van der Waals surface area contributed by atoms with Crippen LogP contribution in [0.15, 0.2) is 12.2 Å². The van der Waals surface area contributed by atoms with E-state index >= 15 is 0 Å². The number of nitrogens with one attached hydrogen (secondary N) is 1. The first-order valence-electron chi connectivity index (χ1n) is 7.28. The largest absolute Gasteiger partial charge is 0.463 e. The lowest BCUT2D eigenvalue weighted by Crippen LogP contribution is -2.42. The van der Waals surface area contributed by atoms with Gasteiger partial charge in [0.1, 0.15) is 16.5 Å². The molecule has 3 rings (SSSR count). The van der Waals surface area contributed by atoms with Crippen LogP contribution in [-0.2, 0) is 19.1 Å². The lowest BCUT2D eigenvalue weighted by molar-refractivity contribution is -0.145. The number of alkyl halides is 1. The molecule has 5 nitrogen and oxygen atoms in total. The van der Waals surface area contributed by atoms with Crippen LogP contribution in [0.3, 0.4) is 0 Å². The summed E-state index contributed by atoms with van der Waals surface area (Å²) in [5, 5.41) is 2.86. The van der Waals surface area contributed by atoms with Gasteiger partial charge in [0.2, 0.25) is 5.91 Å². The second-order valence-electron chi connectivity index (χ2n) is 6.56. The van der Waals surface area contributed by atoms with Crippen LogP contribution in [0.1, 0.15) is 20.8 Å². The van der Waals surface area contributed by atoms with Crippen LogP contribution in [0.4, 0.5) is 0 Å². The average molecular weight is 358 g/mol. The summed E-state index contributed by atoms with van der Waals surface area (Å²) >= 11 is 3.24. The number of hydrogen-bond donors (Lipinski definition) is 1. The monoisotopic (exact) mass is 357 g/mol. The van der Waals surface area contributed by atoms with E-state index in [2.05, 4.69) is 40.3 Å². The van der Waals surface area contributed by atoms with Gasteiger partial charge in [0.25, 0.3) is 0 Å². The van der Waals surface area contributed by atoms with Crippen LogP contribution >= 0.6 is 15.9 Å². The van der Waals surface area contributed by atoms with Gasteiger partial charge in [0.05, 0.1) is 18.6 Å². The first kappa shape index (κ1) is 15.0. The molecule has 21 heavy (non-hydrogen) atoms. The molecule has 3 aliphatic rings. The van der Waals surface area contributed by atoms with E-state index in [0.29, 0.717) is 6.54 Å². The molecule has 1 saturated heterocycles. The Morgan fingerprint density at radius 2 is 2.19 bits per heavy atom. The highest BCUT2D eigenvalue weighted by Gasteiger charge is 2.74. The number of amides is 1. The van der Waals surface area contributed by atoms with Gasteiger partial charge in [-0.2, -0.15) is 0 Å². The Balaban J connectivity index is 1.44. The van der Waals surface area contributed by atoms with Crippen molar-refractivity contribution < 1.29 is 19.1 Å². The van der Waals surface area contributed by atoms with Crippen LogP contribution in [0.5, 0.6) is 0 Å². The summed E-state index contributed by atoms with van der Waals surface area (Å²) in [4.78, 5) is 23.9. The number of esters is 1. The predicted molar refractivity (Wildman–Crippen MR) is 79.9 cm³/mol. The van der Waals surface area contributed by atoms with Gasteiger partial charge in [-0.1, -0.05) is 35.0 Å². The minimum atomic E-state index is -0.696. The van der Waals surface area contributed by atoms with Gasteiger partial charge in [-0.05, 0) is 19.8 Å². The first-order valence-corrected chi connectivity index (χ1v) is 8.08. The molecule has 1 N–H and O–H groups in total. The number of carbonyl (C=O) groups excluding carboxylic acids is 2. The third-order valence-electron chi connectivity index (χ3n) is 4.66. The molecule has 2 aliphatic carbocycles. The fourth-order valence-corrected chi connectivity index (χ4v) is 3.54. The van der Waals surface area contributed by atoms with Gasteiger partial charge in [-0.3, -0.25) is 9.59 Å². The van der Waals surface area contributed by atoms with Gasteiger partial charge >= 0.3 is 5.97 Å². The van der Waals surface area contributed by atoms with Gasteiger partial charge in [0, 0.05) is 5.92 Å². The number of halogens is 1. The van der Waals surface area contributed by atoms with E-state index < -0.39 is 4.32 Å². The van der Waals surface area contributed by atoms with Crippen molar-refractivity contribution in [1.82, 2.24) is 5.32 Å². The molecule has 5 atom stereocenters. The van der Waals surface area contributed by atoms with Crippen molar-refractivity contribution in [2.75, 3.05) is 13.2 Å². The zero-order chi connectivity index (χ0) is 15.4. The molecule has 2 fully saturated rings. The summed E-state index contributed by atoms with van der Waals surface area (Å²) in [5.74, 6) is 0.107. The topological polar surface area (TPSA) is 67.9 Å². The van der Waals surface area contributed by atoms with Crippen LogP contribution in [0, 0.1) is 17.8 Å². The molecule has 116 valence electrons. The maximum atomic E-state index is 12.3. The summed E-state index contributed by atoms with van der Waals surface area (Å²) in [6, 6.07) is 0. The highest BCUT2D eigenvalue weighted by atomic mass is 79.9. The molecule has 0 bridgehead atoms. The Labute approximate surface area is 132 Å². The van der Waals surface area contributed by atoms with E-state index in [1.807, 2.05) is 0 Å². The zero-order valence-electron chi connectivity index (χ0n) is 12.4. The SMILES string of the molecule is CC1C(C(=O)NCCOC(=O)C(C)(C)Br)C2C=CC23OC13. The Morgan fingerprint density at radius 1 is 1.48 bits per heavy atom. The fraction of sp³-hybridized carbons (Fsp3) is 0.733. The summed E-state index contributed by atoms with van der Waals surface area (Å²) in [6.07, 6.45) is 4.35. The number of ether oxygens (including phenoxy) is 2. The van der Waals surface area contributed by atoms with Crippen molar-refractivity contribution in [3.05, 3.63) is 12.2 Å². The minimum absolute atomic E-state index is 0.0289. The molecule has 0 aromatic rings. The molecule has 1 heterocycles. The maximum absolute atomic E-state index is 12.3. The third-order valence-corrected chi connectivity index (χ3v) is 4.98. The predicted octanol–water partition coefficient (Wildman–Crippen LogP) is 1.41. The van der Waals surface area contributed by atoms with Crippen LogP contribution < -0.4 is 5.32 Å². The van der Waals surface area contributed by atoms with E-state index in [-0.39, 0.29) is 47.9 Å². The molecule has 1 aliphatic heterocycles. The number of carbonyl (C=O) groups is 2. The van der Waals surface area contributed by atoms with Gasteiger partial charge in [-0.15, -0.1) is 0 Å². The normalized spacial score (nSPS) is 39.0. The van der Waals surface area contributed by atoms with Gasteiger partial charge < -0.3 is 14.8 Å². The molecule has 1 amide bonds. The lowest BCUT2D eigenvalue weighted by atomic mass is 9.78. The second kappa shape index (κ2) is 4.81. The standard InChI is InChI=1S/C15H20BrNO4/c1-8-10(9-4-5-15(9)11(8)21-15)12(18)17-6-7-20-13(19)14(2,3)16/h4-5,8-11H,6-7H2,1-3H3,(H,17,18). The lowest BCUT2D eigenvalue weighted by Gasteiger charge is -2.30. The van der Waals surface area contributed by atoms with Crippen LogP contribution in [0.25, 0.3) is 0 Å². The second-order valence-corrected chi connectivity index (χ2v) is 8.54. The van der Waals surface area contributed by atoms with E-state index in [9.17, 15) is 9.59 Å². The molecule has 0 radical (unpaired) electrons. The van der Waals surface area contributed by atoms with Crippen molar-refractivity contribution in [3.63, 3.8) is 0 Å². The van der Waals surface area contributed by atoms with Crippen LogP contribution in [-0.4, -0.2) is 41.1 Å². The molecule has 6 heteroatoms. The summed E-state index contributed by atoms with van der Waals surface area (Å²) in [6.45, 7) is 6.04. The summed E-state index contributed by atoms with van der Waals surface area (Å²) in [5.41, 5.74) is -0.131. The Hall–Kier alpha value is -0.880.